The number of halogens is 2. The Hall–Kier alpha value is -0.870. The van der Waals surface area contributed by atoms with Gasteiger partial charge in [0.15, 0.2) is 11.0 Å². The Labute approximate surface area is 116 Å². The first-order valence-corrected chi connectivity index (χ1v) is 6.64. The second-order valence-electron chi connectivity index (χ2n) is 5.25. The van der Waals surface area contributed by atoms with Gasteiger partial charge < -0.3 is 5.32 Å². The van der Waals surface area contributed by atoms with Gasteiger partial charge in [0.05, 0.1) is 0 Å². The maximum Gasteiger partial charge on any atom is 0.229 e. The highest BCUT2D eigenvalue weighted by Crippen LogP contribution is 2.43. The Bertz CT molecular complexity index is 476. The van der Waals surface area contributed by atoms with E-state index in [4.69, 9.17) is 23.2 Å². The van der Waals surface area contributed by atoms with E-state index in [1.165, 1.54) is 6.33 Å². The highest BCUT2D eigenvalue weighted by atomic mass is 35.5. The predicted octanol–water partition coefficient (Wildman–Crippen LogP) is 3.55. The van der Waals surface area contributed by atoms with Crippen LogP contribution in [0.3, 0.4) is 0 Å². The van der Waals surface area contributed by atoms with E-state index < -0.39 is 0 Å². The monoisotopic (exact) mass is 287 g/mol. The molecule has 0 saturated heterocycles. The Morgan fingerprint density at radius 2 is 2.17 bits per heavy atom. The molecular weight excluding hydrogens is 273 g/mol. The van der Waals surface area contributed by atoms with Gasteiger partial charge in [-0.1, -0.05) is 43.5 Å². The molecule has 18 heavy (non-hydrogen) atoms. The fourth-order valence-electron chi connectivity index (χ4n) is 2.45. The fourth-order valence-corrected chi connectivity index (χ4v) is 2.73. The summed E-state index contributed by atoms with van der Waals surface area (Å²) in [5, 5.41) is 3.07. The molecule has 1 unspecified atom stereocenters. The minimum atomic E-state index is -0.0471. The lowest BCUT2D eigenvalue weighted by Gasteiger charge is -2.25. The molecule has 0 aliphatic heterocycles. The number of carbonyl (C=O) groups excluding carboxylic acids is 1. The molecule has 0 bridgehead atoms. The van der Waals surface area contributed by atoms with E-state index in [2.05, 4.69) is 29.1 Å². The molecule has 4 nitrogen and oxygen atoms in total. The van der Waals surface area contributed by atoms with E-state index >= 15 is 0 Å². The number of amides is 1. The maximum atomic E-state index is 12.2. The van der Waals surface area contributed by atoms with Crippen LogP contribution in [0.1, 0.15) is 33.1 Å². The number of nitrogens with zero attached hydrogens (tertiary/aromatic N) is 2. The Morgan fingerprint density at radius 3 is 2.78 bits per heavy atom. The molecule has 1 fully saturated rings. The van der Waals surface area contributed by atoms with Crippen LogP contribution in [-0.4, -0.2) is 15.9 Å². The summed E-state index contributed by atoms with van der Waals surface area (Å²) in [4.78, 5) is 19.9. The normalized spacial score (nSPS) is 21.9. The highest BCUT2D eigenvalue weighted by molar-refractivity contribution is 6.42. The van der Waals surface area contributed by atoms with Gasteiger partial charge >= 0.3 is 0 Å². The zero-order chi connectivity index (χ0) is 13.3. The quantitative estimate of drug-likeness (QED) is 0.847. The molecule has 2 rings (SSSR count). The van der Waals surface area contributed by atoms with Crippen LogP contribution < -0.4 is 5.32 Å². The lowest BCUT2D eigenvalue weighted by molar-refractivity contribution is -0.122. The van der Waals surface area contributed by atoms with E-state index in [1.54, 1.807) is 0 Å². The van der Waals surface area contributed by atoms with Crippen molar-refractivity contribution in [3.63, 3.8) is 0 Å². The third-order valence-electron chi connectivity index (χ3n) is 3.56. The van der Waals surface area contributed by atoms with Gasteiger partial charge in [0.1, 0.15) is 11.3 Å². The Morgan fingerprint density at radius 1 is 1.44 bits per heavy atom. The smallest absolute Gasteiger partial charge is 0.229 e. The van der Waals surface area contributed by atoms with Crippen molar-refractivity contribution in [3.05, 3.63) is 16.5 Å². The van der Waals surface area contributed by atoms with Crippen LogP contribution in [0.25, 0.3) is 0 Å². The average Bonchev–Trinajstić information content (AvgIpc) is 2.65. The third kappa shape index (κ3) is 2.59. The standard InChI is InChI=1S/C12H15Cl2N3O/c1-12(2)5-3-4-7(12)11(18)17-10-8(13)9(14)15-6-16-10/h6-7H,3-5H2,1-2H3,(H,15,16,17,18). The van der Waals surface area contributed by atoms with Crippen LogP contribution in [0.4, 0.5) is 5.82 Å². The number of anilines is 1. The predicted molar refractivity (Wildman–Crippen MR) is 71.8 cm³/mol. The van der Waals surface area contributed by atoms with Gasteiger partial charge in [0, 0.05) is 5.92 Å². The maximum absolute atomic E-state index is 12.2. The highest BCUT2D eigenvalue weighted by Gasteiger charge is 2.39. The molecule has 1 heterocycles. The number of nitrogens with one attached hydrogen (secondary N) is 1. The Kier molecular flexibility index (Phi) is 3.78. The van der Waals surface area contributed by atoms with E-state index in [0.717, 1.165) is 19.3 Å². The second-order valence-corrected chi connectivity index (χ2v) is 5.99. The van der Waals surface area contributed by atoms with Crippen molar-refractivity contribution < 1.29 is 4.79 Å². The largest absolute Gasteiger partial charge is 0.309 e. The zero-order valence-corrected chi connectivity index (χ0v) is 11.8. The fraction of sp³-hybridized carbons (Fsp3) is 0.583. The molecule has 1 aliphatic carbocycles. The first-order chi connectivity index (χ1) is 8.42. The molecule has 98 valence electrons. The van der Waals surface area contributed by atoms with Crippen LogP contribution in [0.5, 0.6) is 0 Å². The molecule has 0 spiro atoms. The SMILES string of the molecule is CC1(C)CCCC1C(=O)Nc1ncnc(Cl)c1Cl. The minimum Gasteiger partial charge on any atom is -0.309 e. The summed E-state index contributed by atoms with van der Waals surface area (Å²) in [7, 11) is 0. The van der Waals surface area contributed by atoms with Crippen molar-refractivity contribution in [2.75, 3.05) is 5.32 Å². The first-order valence-electron chi connectivity index (χ1n) is 5.88. The molecule has 0 aromatic carbocycles. The van der Waals surface area contributed by atoms with Crippen LogP contribution in [0.2, 0.25) is 10.2 Å². The van der Waals surface area contributed by atoms with E-state index in [-0.39, 0.29) is 33.2 Å². The summed E-state index contributed by atoms with van der Waals surface area (Å²) in [6.45, 7) is 4.22. The molecule has 0 radical (unpaired) electrons. The third-order valence-corrected chi connectivity index (χ3v) is 4.30. The summed E-state index contributed by atoms with van der Waals surface area (Å²) < 4.78 is 0. The van der Waals surface area contributed by atoms with Crippen LogP contribution in [0, 0.1) is 11.3 Å². The molecule has 1 aromatic rings. The summed E-state index contributed by atoms with van der Waals surface area (Å²) in [5.74, 6) is 0.223. The van der Waals surface area contributed by atoms with E-state index in [9.17, 15) is 4.79 Å². The number of carbonyl (C=O) groups is 1. The summed E-state index contributed by atoms with van der Waals surface area (Å²) in [6.07, 6.45) is 4.31. The second kappa shape index (κ2) is 5.02. The van der Waals surface area contributed by atoms with Crippen molar-refractivity contribution in [2.45, 2.75) is 33.1 Å². The molecule has 1 saturated carbocycles. The Balaban J connectivity index is 2.15. The van der Waals surface area contributed by atoms with Gasteiger partial charge in [0.2, 0.25) is 5.91 Å². The molecule has 1 aliphatic rings. The van der Waals surface area contributed by atoms with E-state index in [1.807, 2.05) is 0 Å². The molecule has 1 amide bonds. The van der Waals surface area contributed by atoms with Crippen molar-refractivity contribution >= 4 is 34.9 Å². The first kappa shape index (κ1) is 13.6. The minimum absolute atomic E-state index is 0.0118. The molecule has 1 N–H and O–H groups in total. The van der Waals surface area contributed by atoms with Crippen molar-refractivity contribution in [2.24, 2.45) is 11.3 Å². The van der Waals surface area contributed by atoms with Gasteiger partial charge in [-0.2, -0.15) is 0 Å². The summed E-state index contributed by atoms with van der Waals surface area (Å²) in [5.41, 5.74) is 0.0212. The number of hydrogen-bond acceptors (Lipinski definition) is 3. The van der Waals surface area contributed by atoms with Gasteiger partial charge in [0.25, 0.3) is 0 Å². The number of hydrogen-bond donors (Lipinski definition) is 1. The van der Waals surface area contributed by atoms with Crippen molar-refractivity contribution in [1.29, 1.82) is 0 Å². The lowest BCUT2D eigenvalue weighted by atomic mass is 9.81. The van der Waals surface area contributed by atoms with Gasteiger partial charge in [-0.25, -0.2) is 9.97 Å². The summed E-state index contributed by atoms with van der Waals surface area (Å²) in [6, 6.07) is 0. The van der Waals surface area contributed by atoms with E-state index in [0.29, 0.717) is 0 Å². The lowest BCUT2D eigenvalue weighted by Crippen LogP contribution is -2.31. The zero-order valence-electron chi connectivity index (χ0n) is 10.3. The van der Waals surface area contributed by atoms with Crippen molar-refractivity contribution in [1.82, 2.24) is 9.97 Å². The average molecular weight is 288 g/mol. The van der Waals surface area contributed by atoms with Gasteiger partial charge in [-0.15, -0.1) is 0 Å². The summed E-state index contributed by atoms with van der Waals surface area (Å²) >= 11 is 11.7. The van der Waals surface area contributed by atoms with Crippen LogP contribution in [0.15, 0.2) is 6.33 Å². The molecule has 6 heteroatoms. The molecular formula is C12H15Cl2N3O. The van der Waals surface area contributed by atoms with Gasteiger partial charge in [-0.05, 0) is 18.3 Å². The number of aromatic nitrogens is 2. The van der Waals surface area contributed by atoms with Crippen LogP contribution >= 0.6 is 23.2 Å². The van der Waals surface area contributed by atoms with Gasteiger partial charge in [-0.3, -0.25) is 4.79 Å². The van der Waals surface area contributed by atoms with Crippen LogP contribution in [-0.2, 0) is 4.79 Å². The number of rotatable bonds is 2. The van der Waals surface area contributed by atoms with Crippen molar-refractivity contribution in [3.8, 4) is 0 Å². The topological polar surface area (TPSA) is 54.9 Å². The molecule has 1 atom stereocenters. The molecule has 1 aromatic heterocycles.